The van der Waals surface area contributed by atoms with Crippen LogP contribution in [-0.2, 0) is 14.8 Å². The van der Waals surface area contributed by atoms with Crippen LogP contribution in [0.3, 0.4) is 0 Å². The number of aryl methyl sites for hydroxylation is 1. The van der Waals surface area contributed by atoms with Crippen LogP contribution in [0.1, 0.15) is 41.8 Å². The minimum atomic E-state index is -4.11. The van der Waals surface area contributed by atoms with Crippen LogP contribution in [0.2, 0.25) is 5.02 Å². The number of para-hydroxylation sites is 1. The van der Waals surface area contributed by atoms with Crippen molar-refractivity contribution in [3.8, 4) is 0 Å². The second kappa shape index (κ2) is 11.6. The molecule has 0 spiro atoms. The van der Waals surface area contributed by atoms with Crippen molar-refractivity contribution >= 4 is 44.8 Å². The first-order valence-corrected chi connectivity index (χ1v) is 13.4. The Hall–Kier alpha value is -3.36. The second-order valence-corrected chi connectivity index (χ2v) is 10.9. The molecule has 36 heavy (non-hydrogen) atoms. The summed E-state index contributed by atoms with van der Waals surface area (Å²) in [6.07, 6.45) is 0.755. The average molecular weight is 528 g/mol. The molecule has 3 aromatic rings. The van der Waals surface area contributed by atoms with E-state index in [4.69, 9.17) is 11.6 Å². The maximum Gasteiger partial charge on any atom is 0.264 e. The second-order valence-electron chi connectivity index (χ2n) is 8.59. The first kappa shape index (κ1) is 27.2. The van der Waals surface area contributed by atoms with E-state index in [1.165, 1.54) is 12.1 Å². The van der Waals surface area contributed by atoms with Crippen LogP contribution in [0, 0.1) is 13.8 Å². The smallest absolute Gasteiger partial charge is 0.264 e. The Morgan fingerprint density at radius 3 is 2.31 bits per heavy atom. The van der Waals surface area contributed by atoms with Gasteiger partial charge in [-0.15, -0.1) is 0 Å². The van der Waals surface area contributed by atoms with Crippen LogP contribution in [0.25, 0.3) is 0 Å². The molecule has 3 aromatic carbocycles. The molecule has 3 rings (SSSR count). The lowest BCUT2D eigenvalue weighted by Gasteiger charge is -2.26. The molecule has 0 aliphatic heterocycles. The van der Waals surface area contributed by atoms with Crippen LogP contribution in [0.15, 0.2) is 71.6 Å². The number of anilines is 2. The predicted molar refractivity (Wildman–Crippen MR) is 144 cm³/mol. The number of nitrogens with zero attached hydrogens (tertiary/aromatic N) is 1. The van der Waals surface area contributed by atoms with Gasteiger partial charge in [0.2, 0.25) is 5.91 Å². The third kappa shape index (κ3) is 6.25. The predicted octanol–water partition coefficient (Wildman–Crippen LogP) is 5.32. The number of amides is 2. The van der Waals surface area contributed by atoms with Crippen LogP contribution in [0.4, 0.5) is 11.4 Å². The Labute approximate surface area is 217 Å². The molecule has 1 atom stereocenters. The van der Waals surface area contributed by atoms with Gasteiger partial charge in [0.1, 0.15) is 6.54 Å². The lowest BCUT2D eigenvalue weighted by atomic mass is 10.1. The van der Waals surface area contributed by atoms with Gasteiger partial charge in [-0.05, 0) is 69.2 Å². The van der Waals surface area contributed by atoms with E-state index in [0.29, 0.717) is 22.0 Å². The van der Waals surface area contributed by atoms with E-state index in [1.54, 1.807) is 61.5 Å². The minimum Gasteiger partial charge on any atom is -0.350 e. The highest BCUT2D eigenvalue weighted by atomic mass is 35.5. The minimum absolute atomic E-state index is 0.0396. The summed E-state index contributed by atoms with van der Waals surface area (Å²) in [5, 5.41) is 5.97. The Bertz CT molecular complexity index is 1360. The number of carbonyl (C=O) groups excluding carboxylic acids is 2. The van der Waals surface area contributed by atoms with Crippen molar-refractivity contribution in [3.63, 3.8) is 0 Å². The fourth-order valence-electron chi connectivity index (χ4n) is 3.52. The van der Waals surface area contributed by atoms with Gasteiger partial charge in [-0.25, -0.2) is 8.42 Å². The third-order valence-electron chi connectivity index (χ3n) is 5.84. The van der Waals surface area contributed by atoms with E-state index < -0.39 is 22.5 Å². The van der Waals surface area contributed by atoms with Gasteiger partial charge in [0.25, 0.3) is 15.9 Å². The van der Waals surface area contributed by atoms with Gasteiger partial charge in [-0.3, -0.25) is 13.9 Å². The van der Waals surface area contributed by atoms with Crippen molar-refractivity contribution in [1.29, 1.82) is 0 Å². The van der Waals surface area contributed by atoms with Crippen LogP contribution < -0.4 is 14.9 Å². The van der Waals surface area contributed by atoms with E-state index in [2.05, 4.69) is 10.6 Å². The molecule has 2 N–H and O–H groups in total. The summed E-state index contributed by atoms with van der Waals surface area (Å²) >= 11 is 6.28. The zero-order valence-corrected chi connectivity index (χ0v) is 22.3. The van der Waals surface area contributed by atoms with Gasteiger partial charge in [-0.2, -0.15) is 0 Å². The van der Waals surface area contributed by atoms with Gasteiger partial charge in [-0.1, -0.05) is 54.4 Å². The first-order valence-electron chi connectivity index (χ1n) is 11.6. The fraction of sp³-hybridized carbons (Fsp3) is 0.259. The van der Waals surface area contributed by atoms with Gasteiger partial charge in [0.05, 0.1) is 21.8 Å². The lowest BCUT2D eigenvalue weighted by molar-refractivity contribution is -0.114. The van der Waals surface area contributed by atoms with E-state index >= 15 is 0 Å². The maximum atomic E-state index is 13.7. The molecule has 1 unspecified atom stereocenters. The molecule has 190 valence electrons. The summed E-state index contributed by atoms with van der Waals surface area (Å²) in [6, 6.07) is 17.9. The number of hydrogen-bond donors (Lipinski definition) is 2. The third-order valence-corrected chi connectivity index (χ3v) is 8.02. The molecule has 0 heterocycles. The van der Waals surface area contributed by atoms with E-state index in [1.807, 2.05) is 20.8 Å². The molecule has 0 saturated heterocycles. The molecule has 7 nitrogen and oxygen atoms in total. The average Bonchev–Trinajstić information content (AvgIpc) is 2.85. The number of halogens is 1. The van der Waals surface area contributed by atoms with Gasteiger partial charge < -0.3 is 10.6 Å². The van der Waals surface area contributed by atoms with Gasteiger partial charge >= 0.3 is 0 Å². The largest absolute Gasteiger partial charge is 0.350 e. The lowest BCUT2D eigenvalue weighted by Crippen LogP contribution is -2.39. The van der Waals surface area contributed by atoms with Crippen molar-refractivity contribution in [2.75, 3.05) is 16.2 Å². The molecule has 0 fully saturated rings. The zero-order valence-electron chi connectivity index (χ0n) is 20.7. The normalized spacial score (nSPS) is 12.0. The van der Waals surface area contributed by atoms with Crippen molar-refractivity contribution in [3.05, 3.63) is 88.4 Å². The standard InChI is InChI=1S/C27H30ClN3O4S/c1-5-19(3)29-27(33)22-9-6-7-11-24(22)30-26(32)17-31(25-12-8-10-23(28)20(25)4)36(34,35)21-15-13-18(2)14-16-21/h6-16,19H,5,17H2,1-4H3,(H,29,33)(H,30,32). The quantitative estimate of drug-likeness (QED) is 0.393. The molecule has 2 amide bonds. The summed E-state index contributed by atoms with van der Waals surface area (Å²) in [5.41, 5.74) is 2.30. The number of hydrogen-bond acceptors (Lipinski definition) is 4. The van der Waals surface area contributed by atoms with Gasteiger partial charge in [0.15, 0.2) is 0 Å². The molecule has 0 radical (unpaired) electrons. The first-order chi connectivity index (χ1) is 17.0. The Morgan fingerprint density at radius 1 is 0.972 bits per heavy atom. The van der Waals surface area contributed by atoms with Crippen molar-refractivity contribution in [2.24, 2.45) is 0 Å². The van der Waals surface area contributed by atoms with Crippen LogP contribution in [-0.4, -0.2) is 32.8 Å². The summed E-state index contributed by atoms with van der Waals surface area (Å²) < 4.78 is 28.4. The molecule has 0 bridgehead atoms. The summed E-state index contributed by atoms with van der Waals surface area (Å²) in [6.45, 7) is 6.89. The van der Waals surface area contributed by atoms with Crippen LogP contribution >= 0.6 is 11.6 Å². The molecular weight excluding hydrogens is 498 g/mol. The number of sulfonamides is 1. The molecular formula is C27H30ClN3O4S. The highest BCUT2D eigenvalue weighted by molar-refractivity contribution is 7.92. The number of nitrogens with one attached hydrogen (secondary N) is 2. The summed E-state index contributed by atoms with van der Waals surface area (Å²) in [5.74, 6) is -0.927. The molecule has 9 heteroatoms. The van der Waals surface area contributed by atoms with E-state index in [9.17, 15) is 18.0 Å². The van der Waals surface area contributed by atoms with Gasteiger partial charge in [0, 0.05) is 11.1 Å². The summed E-state index contributed by atoms with van der Waals surface area (Å²) in [7, 11) is -4.11. The Kier molecular flexibility index (Phi) is 8.76. The van der Waals surface area contributed by atoms with Crippen molar-refractivity contribution in [1.82, 2.24) is 5.32 Å². The van der Waals surface area contributed by atoms with E-state index in [-0.39, 0.29) is 22.4 Å². The van der Waals surface area contributed by atoms with Crippen LogP contribution in [0.5, 0.6) is 0 Å². The number of rotatable bonds is 9. The molecule has 0 aliphatic carbocycles. The molecule has 0 aromatic heterocycles. The summed E-state index contributed by atoms with van der Waals surface area (Å²) in [4.78, 5) is 26.0. The molecule has 0 aliphatic rings. The topological polar surface area (TPSA) is 95.6 Å². The number of carbonyl (C=O) groups is 2. The monoisotopic (exact) mass is 527 g/mol. The molecule has 0 saturated carbocycles. The fourth-order valence-corrected chi connectivity index (χ4v) is 5.17. The maximum absolute atomic E-state index is 13.7. The van der Waals surface area contributed by atoms with Crippen molar-refractivity contribution in [2.45, 2.75) is 45.1 Å². The highest BCUT2D eigenvalue weighted by Crippen LogP contribution is 2.31. The Balaban J connectivity index is 1.96. The van der Waals surface area contributed by atoms with Crippen molar-refractivity contribution < 1.29 is 18.0 Å². The highest BCUT2D eigenvalue weighted by Gasteiger charge is 2.29. The number of benzene rings is 3. The Morgan fingerprint density at radius 2 is 1.64 bits per heavy atom. The zero-order chi connectivity index (χ0) is 26.5. The van der Waals surface area contributed by atoms with E-state index in [0.717, 1.165) is 16.3 Å². The SMILES string of the molecule is CCC(C)NC(=O)c1ccccc1NC(=O)CN(c1cccc(Cl)c1C)S(=O)(=O)c1ccc(C)cc1.